The molecule has 1 aromatic carbocycles. The predicted molar refractivity (Wildman–Crippen MR) is 81.3 cm³/mol. The van der Waals surface area contributed by atoms with Crippen LogP contribution < -0.4 is 5.32 Å². The number of nitro benzene ring substituents is 1. The van der Waals surface area contributed by atoms with Crippen LogP contribution in [-0.4, -0.2) is 35.4 Å². The Morgan fingerprint density at radius 1 is 1.52 bits per heavy atom. The maximum Gasteiger partial charge on any atom is 0.293 e. The average molecular weight is 291 g/mol. The summed E-state index contributed by atoms with van der Waals surface area (Å²) in [7, 11) is 0. The van der Waals surface area contributed by atoms with E-state index >= 15 is 0 Å². The number of benzene rings is 1. The van der Waals surface area contributed by atoms with E-state index in [0.717, 1.165) is 19.5 Å². The number of hydrogen-bond donors (Lipinski definition) is 1. The molecule has 0 unspecified atom stereocenters. The SMILES string of the molecule is Cc1cccc([N+](=O)[O-])c1NC(=O)CN1CCC[C@@H](C)C1. The molecule has 2 rings (SSSR count). The van der Waals surface area contributed by atoms with Gasteiger partial charge in [0.15, 0.2) is 0 Å². The van der Waals surface area contributed by atoms with Crippen LogP contribution in [0.25, 0.3) is 0 Å². The van der Waals surface area contributed by atoms with Crippen LogP contribution in [0.15, 0.2) is 18.2 Å². The van der Waals surface area contributed by atoms with E-state index in [-0.39, 0.29) is 18.1 Å². The lowest BCUT2D eigenvalue weighted by molar-refractivity contribution is -0.384. The van der Waals surface area contributed by atoms with Gasteiger partial charge in [-0.15, -0.1) is 0 Å². The molecule has 21 heavy (non-hydrogen) atoms. The van der Waals surface area contributed by atoms with Gasteiger partial charge in [0, 0.05) is 12.6 Å². The zero-order valence-electron chi connectivity index (χ0n) is 12.5. The van der Waals surface area contributed by atoms with Crippen molar-refractivity contribution in [2.75, 3.05) is 25.0 Å². The summed E-state index contributed by atoms with van der Waals surface area (Å²) >= 11 is 0. The molecule has 1 fully saturated rings. The number of nitrogens with zero attached hydrogens (tertiary/aromatic N) is 2. The van der Waals surface area contributed by atoms with Crippen molar-refractivity contribution in [3.63, 3.8) is 0 Å². The molecule has 1 aromatic rings. The Labute approximate surface area is 124 Å². The molecular weight excluding hydrogens is 270 g/mol. The molecule has 1 N–H and O–H groups in total. The Bertz CT molecular complexity index is 545. The van der Waals surface area contributed by atoms with Crippen molar-refractivity contribution >= 4 is 17.3 Å². The minimum Gasteiger partial charge on any atom is -0.319 e. The van der Waals surface area contributed by atoms with Crippen molar-refractivity contribution in [2.45, 2.75) is 26.7 Å². The van der Waals surface area contributed by atoms with Gasteiger partial charge in [-0.3, -0.25) is 19.8 Å². The van der Waals surface area contributed by atoms with Crippen LogP contribution in [0.1, 0.15) is 25.3 Å². The third kappa shape index (κ3) is 4.01. The second-order valence-electron chi connectivity index (χ2n) is 5.76. The van der Waals surface area contributed by atoms with Crippen LogP contribution in [-0.2, 0) is 4.79 Å². The van der Waals surface area contributed by atoms with E-state index in [1.165, 1.54) is 12.5 Å². The molecule has 0 radical (unpaired) electrons. The van der Waals surface area contributed by atoms with Crippen LogP contribution in [0.5, 0.6) is 0 Å². The summed E-state index contributed by atoms with van der Waals surface area (Å²) in [6, 6.07) is 4.78. The van der Waals surface area contributed by atoms with Crippen LogP contribution in [0, 0.1) is 23.0 Å². The second-order valence-corrected chi connectivity index (χ2v) is 5.76. The fourth-order valence-electron chi connectivity index (χ4n) is 2.78. The number of rotatable bonds is 4. The number of likely N-dealkylation sites (tertiary alicyclic amines) is 1. The first-order valence-corrected chi connectivity index (χ1v) is 7.23. The molecule has 1 aliphatic heterocycles. The summed E-state index contributed by atoms with van der Waals surface area (Å²) in [4.78, 5) is 24.8. The number of anilines is 1. The minimum absolute atomic E-state index is 0.0598. The molecule has 6 nitrogen and oxygen atoms in total. The fourth-order valence-corrected chi connectivity index (χ4v) is 2.78. The van der Waals surface area contributed by atoms with Gasteiger partial charge in [0.1, 0.15) is 5.69 Å². The Morgan fingerprint density at radius 3 is 2.95 bits per heavy atom. The van der Waals surface area contributed by atoms with E-state index in [2.05, 4.69) is 17.1 Å². The summed E-state index contributed by atoms with van der Waals surface area (Å²) < 4.78 is 0. The molecule has 0 aromatic heterocycles. The highest BCUT2D eigenvalue weighted by Gasteiger charge is 2.21. The van der Waals surface area contributed by atoms with Crippen molar-refractivity contribution in [2.24, 2.45) is 5.92 Å². The monoisotopic (exact) mass is 291 g/mol. The molecule has 1 aliphatic rings. The van der Waals surface area contributed by atoms with E-state index in [9.17, 15) is 14.9 Å². The summed E-state index contributed by atoms with van der Waals surface area (Å²) in [6.45, 7) is 6.04. The first kappa shape index (κ1) is 15.4. The molecule has 6 heteroatoms. The molecule has 0 saturated carbocycles. The van der Waals surface area contributed by atoms with Gasteiger partial charge in [-0.1, -0.05) is 19.1 Å². The fraction of sp³-hybridized carbons (Fsp3) is 0.533. The standard InChI is InChI=1S/C15H21N3O3/c1-11-5-4-8-17(9-11)10-14(19)16-15-12(2)6-3-7-13(15)18(20)21/h3,6-7,11H,4-5,8-10H2,1-2H3,(H,16,19)/t11-/m1/s1. The molecule has 114 valence electrons. The van der Waals surface area contributed by atoms with Gasteiger partial charge in [-0.2, -0.15) is 0 Å². The van der Waals surface area contributed by atoms with Gasteiger partial charge in [0.05, 0.1) is 11.5 Å². The summed E-state index contributed by atoms with van der Waals surface area (Å²) in [6.07, 6.45) is 2.29. The zero-order valence-corrected chi connectivity index (χ0v) is 12.5. The molecule has 1 atom stereocenters. The molecule has 0 aliphatic carbocycles. The Balaban J connectivity index is 2.04. The lowest BCUT2D eigenvalue weighted by atomic mass is 10.0. The van der Waals surface area contributed by atoms with Crippen molar-refractivity contribution in [3.8, 4) is 0 Å². The number of aryl methyl sites for hydroxylation is 1. The van der Waals surface area contributed by atoms with Gasteiger partial charge in [-0.05, 0) is 37.8 Å². The Hall–Kier alpha value is -1.95. The van der Waals surface area contributed by atoms with E-state index < -0.39 is 4.92 Å². The maximum absolute atomic E-state index is 12.1. The van der Waals surface area contributed by atoms with Gasteiger partial charge < -0.3 is 5.32 Å². The number of piperidine rings is 1. The number of hydrogen-bond acceptors (Lipinski definition) is 4. The summed E-state index contributed by atoms with van der Waals surface area (Å²) in [5.74, 6) is 0.404. The number of para-hydroxylation sites is 1. The van der Waals surface area contributed by atoms with E-state index in [1.807, 2.05) is 0 Å². The van der Waals surface area contributed by atoms with Gasteiger partial charge >= 0.3 is 0 Å². The topological polar surface area (TPSA) is 75.5 Å². The third-order valence-corrected chi connectivity index (χ3v) is 3.82. The molecule has 1 heterocycles. The van der Waals surface area contributed by atoms with Crippen molar-refractivity contribution in [1.29, 1.82) is 0 Å². The quantitative estimate of drug-likeness (QED) is 0.683. The van der Waals surface area contributed by atoms with Crippen molar-refractivity contribution in [3.05, 3.63) is 33.9 Å². The molecule has 0 bridgehead atoms. The van der Waals surface area contributed by atoms with Crippen molar-refractivity contribution in [1.82, 2.24) is 4.90 Å². The van der Waals surface area contributed by atoms with E-state index in [0.29, 0.717) is 17.2 Å². The number of nitrogens with one attached hydrogen (secondary N) is 1. The molecule has 0 spiro atoms. The van der Waals surface area contributed by atoms with Gasteiger partial charge in [0.2, 0.25) is 5.91 Å². The second kappa shape index (κ2) is 6.67. The first-order chi connectivity index (χ1) is 9.97. The van der Waals surface area contributed by atoms with E-state index in [1.54, 1.807) is 19.1 Å². The first-order valence-electron chi connectivity index (χ1n) is 7.23. The smallest absolute Gasteiger partial charge is 0.293 e. The molecule has 1 amide bonds. The third-order valence-electron chi connectivity index (χ3n) is 3.82. The lowest BCUT2D eigenvalue weighted by Crippen LogP contribution is -2.39. The Kier molecular flexibility index (Phi) is 4.90. The lowest BCUT2D eigenvalue weighted by Gasteiger charge is -2.30. The zero-order chi connectivity index (χ0) is 15.4. The van der Waals surface area contributed by atoms with Crippen LogP contribution in [0.4, 0.5) is 11.4 Å². The maximum atomic E-state index is 12.1. The average Bonchev–Trinajstić information content (AvgIpc) is 2.40. The largest absolute Gasteiger partial charge is 0.319 e. The highest BCUT2D eigenvalue weighted by Crippen LogP contribution is 2.27. The number of carbonyl (C=O) groups is 1. The predicted octanol–water partition coefficient (Wildman–Crippen LogP) is 2.57. The van der Waals surface area contributed by atoms with Gasteiger partial charge in [-0.25, -0.2) is 0 Å². The molecular formula is C15H21N3O3. The van der Waals surface area contributed by atoms with Crippen LogP contribution >= 0.6 is 0 Å². The minimum atomic E-state index is -0.467. The van der Waals surface area contributed by atoms with Crippen LogP contribution in [0.3, 0.4) is 0 Å². The summed E-state index contributed by atoms with van der Waals surface area (Å²) in [5.41, 5.74) is 0.942. The number of carbonyl (C=O) groups excluding carboxylic acids is 1. The Morgan fingerprint density at radius 2 is 2.29 bits per heavy atom. The van der Waals surface area contributed by atoms with Gasteiger partial charge in [0.25, 0.3) is 5.69 Å². The normalized spacial score (nSPS) is 19.2. The number of nitro groups is 1. The van der Waals surface area contributed by atoms with Crippen molar-refractivity contribution < 1.29 is 9.72 Å². The highest BCUT2D eigenvalue weighted by molar-refractivity contribution is 5.95. The van der Waals surface area contributed by atoms with E-state index in [4.69, 9.17) is 0 Å². The summed E-state index contributed by atoms with van der Waals surface area (Å²) in [5, 5.41) is 13.7. The number of amides is 1. The van der Waals surface area contributed by atoms with Crippen LogP contribution in [0.2, 0.25) is 0 Å². The molecule has 1 saturated heterocycles. The highest BCUT2D eigenvalue weighted by atomic mass is 16.6.